The Morgan fingerprint density at radius 2 is 1.59 bits per heavy atom. The Kier molecular flexibility index (Phi) is 6.28. The first-order valence-electron chi connectivity index (χ1n) is 7.71. The SMILES string of the molecule is COc1ccc(C(=O)c2ccc(C(F)(F)F)cc2CNS(=O)(=O)C(F)(F)F)cc1. The topological polar surface area (TPSA) is 72.5 Å². The summed E-state index contributed by atoms with van der Waals surface area (Å²) in [7, 11) is -4.45. The van der Waals surface area contributed by atoms with E-state index in [0.29, 0.717) is 17.9 Å². The first-order valence-corrected chi connectivity index (χ1v) is 9.19. The molecule has 0 bridgehead atoms. The molecule has 2 aromatic carbocycles. The van der Waals surface area contributed by atoms with Crippen molar-refractivity contribution in [3.05, 3.63) is 64.7 Å². The predicted molar refractivity (Wildman–Crippen MR) is 89.7 cm³/mol. The zero-order valence-electron chi connectivity index (χ0n) is 14.6. The van der Waals surface area contributed by atoms with Gasteiger partial charge < -0.3 is 4.74 Å². The number of ether oxygens (including phenoxy) is 1. The number of hydrogen-bond donors (Lipinski definition) is 1. The number of rotatable bonds is 6. The Hall–Kier alpha value is -2.60. The summed E-state index contributed by atoms with van der Waals surface area (Å²) >= 11 is 0. The maximum atomic E-state index is 13.0. The average Bonchev–Trinajstić information content (AvgIpc) is 2.64. The molecule has 0 fully saturated rings. The van der Waals surface area contributed by atoms with Crippen LogP contribution in [0, 0.1) is 0 Å². The molecule has 29 heavy (non-hydrogen) atoms. The van der Waals surface area contributed by atoms with E-state index in [1.807, 2.05) is 0 Å². The Morgan fingerprint density at radius 1 is 1.00 bits per heavy atom. The van der Waals surface area contributed by atoms with Crippen LogP contribution in [0.25, 0.3) is 0 Å². The van der Waals surface area contributed by atoms with Crippen LogP contribution in [0.2, 0.25) is 0 Å². The van der Waals surface area contributed by atoms with Crippen molar-refractivity contribution in [2.45, 2.75) is 18.2 Å². The summed E-state index contributed by atoms with van der Waals surface area (Å²) in [5.74, 6) is -0.408. The summed E-state index contributed by atoms with van der Waals surface area (Å²) in [6.07, 6.45) is -4.85. The maximum Gasteiger partial charge on any atom is 0.511 e. The molecule has 0 aliphatic carbocycles. The van der Waals surface area contributed by atoms with Crippen molar-refractivity contribution in [1.82, 2.24) is 4.72 Å². The molecule has 158 valence electrons. The van der Waals surface area contributed by atoms with E-state index in [0.717, 1.165) is 6.07 Å². The van der Waals surface area contributed by atoms with Crippen molar-refractivity contribution in [2.24, 2.45) is 0 Å². The van der Waals surface area contributed by atoms with Crippen molar-refractivity contribution in [3.63, 3.8) is 0 Å². The minimum Gasteiger partial charge on any atom is -0.497 e. The van der Waals surface area contributed by atoms with Gasteiger partial charge in [-0.3, -0.25) is 4.79 Å². The van der Waals surface area contributed by atoms with Crippen LogP contribution in [0.15, 0.2) is 42.5 Å². The molecule has 0 unspecified atom stereocenters. The number of nitrogens with one attached hydrogen (secondary N) is 1. The van der Waals surface area contributed by atoms with Crippen molar-refractivity contribution < 1.29 is 44.3 Å². The molecule has 0 heterocycles. The first kappa shape index (κ1) is 22.7. The number of carbonyl (C=O) groups excluding carboxylic acids is 1. The molecule has 1 N–H and O–H groups in total. The van der Waals surface area contributed by atoms with Crippen LogP contribution >= 0.6 is 0 Å². The van der Waals surface area contributed by atoms with Gasteiger partial charge in [0.25, 0.3) is 0 Å². The molecule has 2 rings (SSSR count). The summed E-state index contributed by atoms with van der Waals surface area (Å²) in [6, 6.07) is 7.22. The number of methoxy groups -OCH3 is 1. The number of ketones is 1. The Morgan fingerprint density at radius 3 is 2.07 bits per heavy atom. The van der Waals surface area contributed by atoms with E-state index < -0.39 is 45.2 Å². The fourth-order valence-corrected chi connectivity index (χ4v) is 2.80. The van der Waals surface area contributed by atoms with Gasteiger partial charge in [0, 0.05) is 17.7 Å². The lowest BCUT2D eigenvalue weighted by Gasteiger charge is -2.15. The number of sulfonamides is 1. The third kappa shape index (κ3) is 5.26. The first-order chi connectivity index (χ1) is 13.3. The molecule has 0 amide bonds. The molecule has 5 nitrogen and oxygen atoms in total. The second-order valence-corrected chi connectivity index (χ2v) is 7.46. The molecular weight excluding hydrogens is 428 g/mol. The monoisotopic (exact) mass is 441 g/mol. The van der Waals surface area contributed by atoms with Crippen LogP contribution in [-0.4, -0.2) is 26.8 Å². The van der Waals surface area contributed by atoms with E-state index in [1.54, 1.807) is 0 Å². The summed E-state index contributed by atoms with van der Waals surface area (Å²) in [5, 5.41) is 0. The molecule has 12 heteroatoms. The molecule has 0 aromatic heterocycles. The minimum absolute atomic E-state index is 0.0190. The lowest BCUT2D eigenvalue weighted by atomic mass is 9.96. The van der Waals surface area contributed by atoms with Gasteiger partial charge in [-0.15, -0.1) is 0 Å². The van der Waals surface area contributed by atoms with Crippen LogP contribution in [0.3, 0.4) is 0 Å². The zero-order chi connectivity index (χ0) is 22.0. The number of halogens is 6. The lowest BCUT2D eigenvalue weighted by Crippen LogP contribution is -2.36. The van der Waals surface area contributed by atoms with Crippen LogP contribution in [-0.2, 0) is 22.7 Å². The summed E-state index contributed by atoms with van der Waals surface area (Å²) < 4.78 is 105. The van der Waals surface area contributed by atoms with E-state index in [2.05, 4.69) is 0 Å². The maximum absolute atomic E-state index is 13.0. The van der Waals surface area contributed by atoms with Gasteiger partial charge in [-0.05, 0) is 42.0 Å². The fraction of sp³-hybridized carbons (Fsp3) is 0.235. The molecular formula is C17H13F6NO4S. The highest BCUT2D eigenvalue weighted by Gasteiger charge is 2.45. The van der Waals surface area contributed by atoms with E-state index >= 15 is 0 Å². The Bertz CT molecular complexity index is 998. The smallest absolute Gasteiger partial charge is 0.497 e. The Balaban J connectivity index is 2.46. The van der Waals surface area contributed by atoms with Gasteiger partial charge in [0.1, 0.15) is 5.75 Å². The second-order valence-electron chi connectivity index (χ2n) is 5.70. The van der Waals surface area contributed by atoms with Gasteiger partial charge in [-0.25, -0.2) is 13.1 Å². The van der Waals surface area contributed by atoms with Gasteiger partial charge >= 0.3 is 21.7 Å². The molecule has 0 radical (unpaired) electrons. The lowest BCUT2D eigenvalue weighted by molar-refractivity contribution is -0.137. The molecule has 0 spiro atoms. The van der Waals surface area contributed by atoms with Crippen molar-refractivity contribution in [1.29, 1.82) is 0 Å². The van der Waals surface area contributed by atoms with E-state index in [-0.39, 0.29) is 11.1 Å². The summed E-state index contributed by atoms with van der Waals surface area (Å²) in [4.78, 5) is 12.6. The quantitative estimate of drug-likeness (QED) is 0.546. The highest BCUT2D eigenvalue weighted by Crippen LogP contribution is 2.31. The largest absolute Gasteiger partial charge is 0.511 e. The number of alkyl halides is 6. The zero-order valence-corrected chi connectivity index (χ0v) is 15.4. The van der Waals surface area contributed by atoms with Crippen LogP contribution < -0.4 is 9.46 Å². The van der Waals surface area contributed by atoms with Crippen LogP contribution in [0.4, 0.5) is 26.3 Å². The van der Waals surface area contributed by atoms with Gasteiger partial charge in [0.2, 0.25) is 0 Å². The molecule has 2 aromatic rings. The summed E-state index contributed by atoms with van der Waals surface area (Å²) in [5.41, 5.74) is -7.83. The van der Waals surface area contributed by atoms with Gasteiger partial charge in [0.05, 0.1) is 12.7 Å². The van der Waals surface area contributed by atoms with Crippen molar-refractivity contribution in [3.8, 4) is 5.75 Å². The second kappa shape index (κ2) is 8.03. The molecule has 0 aliphatic heterocycles. The standard InChI is InChI=1S/C17H13F6NO4S/c1-28-13-5-2-10(3-6-13)15(25)14-7-4-12(16(18,19)20)8-11(14)9-24-29(26,27)17(21,22)23/h2-8,24H,9H2,1H3. The average molecular weight is 441 g/mol. The van der Waals surface area contributed by atoms with Gasteiger partial charge in [-0.2, -0.15) is 26.3 Å². The molecule has 0 aliphatic rings. The summed E-state index contributed by atoms with van der Waals surface area (Å²) in [6.45, 7) is -1.16. The number of hydrogen-bond acceptors (Lipinski definition) is 4. The van der Waals surface area contributed by atoms with E-state index in [4.69, 9.17) is 4.74 Å². The number of benzene rings is 2. The van der Waals surface area contributed by atoms with Crippen LogP contribution in [0.1, 0.15) is 27.0 Å². The van der Waals surface area contributed by atoms with Crippen LogP contribution in [0.5, 0.6) is 5.75 Å². The van der Waals surface area contributed by atoms with E-state index in [1.165, 1.54) is 36.1 Å². The third-order valence-electron chi connectivity index (χ3n) is 3.79. The fourth-order valence-electron chi connectivity index (χ4n) is 2.29. The van der Waals surface area contributed by atoms with E-state index in [9.17, 15) is 39.6 Å². The van der Waals surface area contributed by atoms with Crippen molar-refractivity contribution >= 4 is 15.8 Å². The third-order valence-corrected chi connectivity index (χ3v) is 4.92. The van der Waals surface area contributed by atoms with Gasteiger partial charge in [0.15, 0.2) is 5.78 Å². The predicted octanol–water partition coefficient (Wildman–Crippen LogP) is 3.88. The highest BCUT2D eigenvalue weighted by molar-refractivity contribution is 7.90. The highest BCUT2D eigenvalue weighted by atomic mass is 32.2. The number of carbonyl (C=O) groups is 1. The molecule has 0 saturated carbocycles. The van der Waals surface area contributed by atoms with Crippen molar-refractivity contribution in [2.75, 3.05) is 7.11 Å². The minimum atomic E-state index is -5.82. The Labute approximate surface area is 161 Å². The molecule has 0 atom stereocenters. The normalized spacial score (nSPS) is 12.7. The van der Waals surface area contributed by atoms with Gasteiger partial charge in [-0.1, -0.05) is 6.07 Å². The molecule has 0 saturated heterocycles.